The van der Waals surface area contributed by atoms with Crippen molar-refractivity contribution in [1.82, 2.24) is 4.98 Å². The summed E-state index contributed by atoms with van der Waals surface area (Å²) < 4.78 is 20.5. The summed E-state index contributed by atoms with van der Waals surface area (Å²) in [5.41, 5.74) is -0.0964. The lowest BCUT2D eigenvalue weighted by molar-refractivity contribution is 0.118. The van der Waals surface area contributed by atoms with Gasteiger partial charge in [0, 0.05) is 12.0 Å². The Balaban J connectivity index is 1.76. The zero-order valence-corrected chi connectivity index (χ0v) is 14.6. The van der Waals surface area contributed by atoms with Gasteiger partial charge in [0.1, 0.15) is 22.5 Å². The van der Waals surface area contributed by atoms with Crippen LogP contribution in [0.2, 0.25) is 5.15 Å². The average molecular weight is 373 g/mol. The predicted octanol–water partition coefficient (Wildman–Crippen LogP) is 4.33. The molecule has 0 saturated heterocycles. The Bertz CT molecular complexity index is 870. The van der Waals surface area contributed by atoms with Gasteiger partial charge in [-0.05, 0) is 49.7 Å². The number of hydrogen-bond donors (Lipinski definition) is 1. The van der Waals surface area contributed by atoms with Crippen molar-refractivity contribution in [3.05, 3.63) is 34.9 Å². The minimum atomic E-state index is -0.702. The van der Waals surface area contributed by atoms with Crippen LogP contribution < -0.4 is 5.32 Å². The number of aromatic nitrogens is 1. The van der Waals surface area contributed by atoms with E-state index in [0.717, 1.165) is 25.7 Å². The van der Waals surface area contributed by atoms with Gasteiger partial charge in [-0.15, -0.1) is 0 Å². The zero-order chi connectivity index (χ0) is 18.3. The number of furan rings is 1. The van der Waals surface area contributed by atoms with Crippen molar-refractivity contribution < 1.29 is 13.6 Å². The molecule has 133 valence electrons. The third-order valence-corrected chi connectivity index (χ3v) is 5.91. The van der Waals surface area contributed by atoms with E-state index in [2.05, 4.69) is 16.6 Å². The molecule has 2 atom stereocenters. The highest BCUT2D eigenvalue weighted by molar-refractivity contribution is 6.31. The van der Waals surface area contributed by atoms with Crippen molar-refractivity contribution in [2.75, 3.05) is 5.32 Å². The van der Waals surface area contributed by atoms with Crippen molar-refractivity contribution in [2.45, 2.75) is 31.7 Å². The fourth-order valence-electron chi connectivity index (χ4n) is 4.37. The third kappa shape index (κ3) is 2.67. The first-order valence-corrected chi connectivity index (χ1v) is 8.99. The molecule has 2 unspecified atom stereocenters. The maximum atomic E-state index is 15.2. The monoisotopic (exact) mass is 372 g/mol. The molecule has 0 spiro atoms. The fourth-order valence-corrected chi connectivity index (χ4v) is 4.59. The molecule has 26 heavy (non-hydrogen) atoms. The summed E-state index contributed by atoms with van der Waals surface area (Å²) in [5.74, 6) is -0.295. The van der Waals surface area contributed by atoms with Gasteiger partial charge in [0.2, 0.25) is 6.29 Å². The van der Waals surface area contributed by atoms with Crippen molar-refractivity contribution in [3.63, 3.8) is 0 Å². The minimum absolute atomic E-state index is 0.0207. The highest BCUT2D eigenvalue weighted by Gasteiger charge is 2.44. The molecule has 3 saturated carbocycles. The average Bonchev–Trinajstić information content (AvgIpc) is 3.19. The van der Waals surface area contributed by atoms with Crippen LogP contribution >= 0.6 is 11.6 Å². The molecule has 2 bridgehead atoms. The van der Waals surface area contributed by atoms with E-state index in [9.17, 15) is 10.1 Å². The molecule has 5 nitrogen and oxygen atoms in total. The summed E-state index contributed by atoms with van der Waals surface area (Å²) in [6.07, 6.45) is 7.54. The first kappa shape index (κ1) is 17.0. The van der Waals surface area contributed by atoms with Crippen LogP contribution in [0.25, 0.3) is 11.3 Å². The smallest absolute Gasteiger partial charge is 0.204 e. The van der Waals surface area contributed by atoms with E-state index >= 15 is 4.39 Å². The van der Waals surface area contributed by atoms with Gasteiger partial charge in [-0.2, -0.15) is 5.26 Å². The summed E-state index contributed by atoms with van der Waals surface area (Å²) in [6, 6.07) is 4.83. The van der Waals surface area contributed by atoms with Gasteiger partial charge < -0.3 is 9.73 Å². The zero-order valence-electron chi connectivity index (χ0n) is 13.8. The molecule has 0 amide bonds. The maximum absolute atomic E-state index is 15.2. The summed E-state index contributed by atoms with van der Waals surface area (Å²) in [4.78, 5) is 15.5. The normalized spacial score (nSPS) is 27.1. The number of nitrogens with one attached hydrogen (secondary N) is 1. The quantitative estimate of drug-likeness (QED) is 0.808. The summed E-state index contributed by atoms with van der Waals surface area (Å²) in [5, 5.41) is 12.3. The highest BCUT2D eigenvalue weighted by atomic mass is 35.5. The number of pyridine rings is 1. The Morgan fingerprint density at radius 1 is 1.31 bits per heavy atom. The van der Waals surface area contributed by atoms with Crippen LogP contribution in [0.1, 0.15) is 31.2 Å². The maximum Gasteiger partial charge on any atom is 0.204 e. The van der Waals surface area contributed by atoms with Crippen LogP contribution in [-0.4, -0.2) is 17.3 Å². The molecule has 1 radical (unpaired) electrons. The molecule has 3 aliphatic rings. The van der Waals surface area contributed by atoms with Gasteiger partial charge in [-0.1, -0.05) is 11.6 Å². The van der Waals surface area contributed by atoms with Crippen LogP contribution in [0.15, 0.2) is 22.8 Å². The summed E-state index contributed by atoms with van der Waals surface area (Å²) in [6.45, 7) is 0. The lowest BCUT2D eigenvalue weighted by Gasteiger charge is -2.46. The number of nitriles is 1. The molecule has 2 heterocycles. The summed E-state index contributed by atoms with van der Waals surface area (Å²) in [7, 11) is 0. The van der Waals surface area contributed by atoms with Gasteiger partial charge in [0.05, 0.1) is 11.8 Å². The Labute approximate surface area is 155 Å². The summed E-state index contributed by atoms with van der Waals surface area (Å²) >= 11 is 6.13. The lowest BCUT2D eigenvalue weighted by Crippen LogP contribution is -2.49. The van der Waals surface area contributed by atoms with Gasteiger partial charge >= 0.3 is 0 Å². The number of nitrogens with zero attached hydrogens (tertiary/aromatic N) is 2. The van der Waals surface area contributed by atoms with Gasteiger partial charge in [-0.25, -0.2) is 9.37 Å². The van der Waals surface area contributed by atoms with E-state index in [4.69, 9.17) is 16.0 Å². The molecule has 2 aromatic heterocycles. The fraction of sp³-hybridized carbons (Fsp3) is 0.421. The second-order valence-electron chi connectivity index (χ2n) is 6.89. The molecule has 2 aromatic rings. The van der Waals surface area contributed by atoms with Crippen LogP contribution in [0.3, 0.4) is 0 Å². The van der Waals surface area contributed by atoms with E-state index in [1.165, 1.54) is 6.26 Å². The molecule has 1 N–H and O–H groups in total. The van der Waals surface area contributed by atoms with Crippen LogP contribution in [0.4, 0.5) is 10.2 Å². The Kier molecular flexibility index (Phi) is 4.41. The van der Waals surface area contributed by atoms with Crippen molar-refractivity contribution in [1.29, 1.82) is 5.26 Å². The van der Waals surface area contributed by atoms with Crippen LogP contribution in [-0.2, 0) is 4.79 Å². The molecule has 3 fully saturated rings. The SMILES string of the molecule is N#Cc1c(Cl)nc(NC2C3CCC(CC3)C2[C]=O)c(F)c1-c1ccco1. The Morgan fingerprint density at radius 2 is 2.04 bits per heavy atom. The van der Waals surface area contributed by atoms with Crippen molar-refractivity contribution >= 4 is 23.7 Å². The second kappa shape index (κ2) is 6.73. The number of hydrogen-bond acceptors (Lipinski definition) is 5. The Hall–Kier alpha value is -2.39. The molecule has 7 heteroatoms. The standard InChI is InChI=1S/C19H16ClFN3O2/c20-18-12(8-22)15(14-2-1-7-26-14)16(21)19(24-18)23-17-11-5-3-10(4-6-11)13(17)9-25/h1-2,7,10-11,13,17H,3-6H2,(H,23,24). The van der Waals surface area contributed by atoms with Gasteiger partial charge in [0.25, 0.3) is 0 Å². The number of halogens is 2. The predicted molar refractivity (Wildman–Crippen MR) is 93.7 cm³/mol. The van der Waals surface area contributed by atoms with Crippen molar-refractivity contribution in [2.24, 2.45) is 17.8 Å². The molecular formula is C19H16ClFN3O2. The molecule has 5 rings (SSSR count). The van der Waals surface area contributed by atoms with Gasteiger partial charge in [-0.3, -0.25) is 4.79 Å². The topological polar surface area (TPSA) is 78.9 Å². The molecule has 0 aliphatic heterocycles. The van der Waals surface area contributed by atoms with Crippen molar-refractivity contribution in [3.8, 4) is 17.4 Å². The number of anilines is 1. The first-order chi connectivity index (χ1) is 12.6. The Morgan fingerprint density at radius 3 is 2.65 bits per heavy atom. The number of fused-ring (bicyclic) bond motifs is 3. The molecular weight excluding hydrogens is 357 g/mol. The van der Waals surface area contributed by atoms with E-state index in [1.807, 2.05) is 6.07 Å². The first-order valence-electron chi connectivity index (χ1n) is 8.61. The van der Waals surface area contributed by atoms with E-state index in [0.29, 0.717) is 0 Å². The van der Waals surface area contributed by atoms with Gasteiger partial charge in [0.15, 0.2) is 11.6 Å². The van der Waals surface area contributed by atoms with E-state index in [-0.39, 0.29) is 51.7 Å². The largest absolute Gasteiger partial charge is 0.464 e. The molecule has 0 aromatic carbocycles. The lowest BCUT2D eigenvalue weighted by atomic mass is 9.62. The van der Waals surface area contributed by atoms with Crippen LogP contribution in [0.5, 0.6) is 0 Å². The minimum Gasteiger partial charge on any atom is -0.464 e. The van der Waals surface area contributed by atoms with E-state index < -0.39 is 5.82 Å². The van der Waals surface area contributed by atoms with E-state index in [1.54, 1.807) is 12.1 Å². The number of rotatable bonds is 4. The second-order valence-corrected chi connectivity index (χ2v) is 7.25. The third-order valence-electron chi connectivity index (χ3n) is 5.63. The van der Waals surface area contributed by atoms with Crippen LogP contribution in [0, 0.1) is 34.9 Å². The highest BCUT2D eigenvalue weighted by Crippen LogP contribution is 2.46. The molecule has 3 aliphatic carbocycles. The number of carbonyl (C=O) groups excluding carboxylic acids is 1.